The molecule has 0 heterocycles. The largest absolute Gasteiger partial charge is 0.457 e. The molecule has 1 unspecified atom stereocenters. The van der Waals surface area contributed by atoms with Gasteiger partial charge in [-0.15, -0.1) is 0 Å². The lowest BCUT2D eigenvalue weighted by Crippen LogP contribution is -2.00. The predicted molar refractivity (Wildman–Crippen MR) is 75.5 cm³/mol. The fourth-order valence-corrected chi connectivity index (χ4v) is 2.45. The second-order valence-corrected chi connectivity index (χ2v) is 5.27. The smallest absolute Gasteiger partial charge is 0.131 e. The van der Waals surface area contributed by atoms with Gasteiger partial charge >= 0.3 is 0 Å². The second-order valence-electron chi connectivity index (χ2n) is 5.27. The van der Waals surface area contributed by atoms with E-state index < -0.39 is 6.10 Å². The third-order valence-corrected chi connectivity index (χ3v) is 3.58. The van der Waals surface area contributed by atoms with Crippen LogP contribution in [-0.2, 0) is 0 Å². The molecule has 0 amide bonds. The van der Waals surface area contributed by atoms with E-state index in [1.165, 1.54) is 12.1 Å². The van der Waals surface area contributed by atoms with E-state index >= 15 is 0 Å². The molecule has 0 aromatic heterocycles. The van der Waals surface area contributed by atoms with Crippen molar-refractivity contribution in [3.63, 3.8) is 0 Å². The van der Waals surface area contributed by atoms with Crippen molar-refractivity contribution < 1.29 is 14.2 Å². The molecule has 2 aromatic rings. The van der Waals surface area contributed by atoms with E-state index in [1.54, 1.807) is 19.1 Å². The van der Waals surface area contributed by atoms with Crippen molar-refractivity contribution in [1.29, 1.82) is 0 Å². The molecule has 2 aromatic carbocycles. The average Bonchev–Trinajstić information content (AvgIpc) is 3.25. The molecule has 0 aliphatic heterocycles. The Bertz CT molecular complexity index is 601. The van der Waals surface area contributed by atoms with Crippen LogP contribution in [0.5, 0.6) is 11.5 Å². The maximum atomic E-state index is 12.9. The number of aliphatic hydroxyl groups excluding tert-OH is 1. The SMILES string of the molecule is CC(O)c1cccc(Oc2ccc(F)cc2)c1C1CC1. The summed E-state index contributed by atoms with van der Waals surface area (Å²) in [6.07, 6.45) is 1.75. The fourth-order valence-electron chi connectivity index (χ4n) is 2.45. The van der Waals surface area contributed by atoms with E-state index in [2.05, 4.69) is 0 Å². The number of hydrogen-bond acceptors (Lipinski definition) is 2. The van der Waals surface area contributed by atoms with Gasteiger partial charge in [-0.05, 0) is 61.6 Å². The van der Waals surface area contributed by atoms with Crippen LogP contribution in [0.1, 0.15) is 42.9 Å². The van der Waals surface area contributed by atoms with Gasteiger partial charge in [0.1, 0.15) is 17.3 Å². The Morgan fingerprint density at radius 2 is 1.85 bits per heavy atom. The Labute approximate surface area is 117 Å². The zero-order chi connectivity index (χ0) is 14.1. The molecule has 1 fully saturated rings. The van der Waals surface area contributed by atoms with Gasteiger partial charge in [0.15, 0.2) is 0 Å². The summed E-state index contributed by atoms with van der Waals surface area (Å²) in [6.45, 7) is 1.77. The Morgan fingerprint density at radius 1 is 1.15 bits per heavy atom. The topological polar surface area (TPSA) is 29.5 Å². The van der Waals surface area contributed by atoms with Crippen LogP contribution in [0.3, 0.4) is 0 Å². The van der Waals surface area contributed by atoms with Gasteiger partial charge < -0.3 is 9.84 Å². The van der Waals surface area contributed by atoms with Crippen molar-refractivity contribution in [3.05, 3.63) is 59.4 Å². The number of ether oxygens (including phenoxy) is 1. The highest BCUT2D eigenvalue weighted by atomic mass is 19.1. The van der Waals surface area contributed by atoms with E-state index in [0.29, 0.717) is 11.7 Å². The van der Waals surface area contributed by atoms with Crippen LogP contribution in [0.4, 0.5) is 4.39 Å². The number of rotatable bonds is 4. The van der Waals surface area contributed by atoms with E-state index in [9.17, 15) is 9.50 Å². The second kappa shape index (κ2) is 5.25. The Morgan fingerprint density at radius 3 is 2.45 bits per heavy atom. The molecule has 1 atom stereocenters. The van der Waals surface area contributed by atoms with Gasteiger partial charge in [0.25, 0.3) is 0 Å². The highest BCUT2D eigenvalue weighted by Crippen LogP contribution is 2.48. The van der Waals surface area contributed by atoms with Gasteiger partial charge in [0.05, 0.1) is 6.10 Å². The lowest BCUT2D eigenvalue weighted by Gasteiger charge is -2.16. The molecule has 1 saturated carbocycles. The van der Waals surface area contributed by atoms with Crippen LogP contribution in [-0.4, -0.2) is 5.11 Å². The van der Waals surface area contributed by atoms with Crippen molar-refractivity contribution in [2.24, 2.45) is 0 Å². The Balaban J connectivity index is 1.96. The minimum atomic E-state index is -0.512. The summed E-state index contributed by atoms with van der Waals surface area (Å²) in [5.74, 6) is 1.56. The first-order chi connectivity index (χ1) is 9.65. The molecular formula is C17H17FO2. The lowest BCUT2D eigenvalue weighted by molar-refractivity contribution is 0.197. The van der Waals surface area contributed by atoms with Crippen LogP contribution in [0.25, 0.3) is 0 Å². The lowest BCUT2D eigenvalue weighted by atomic mass is 9.98. The van der Waals surface area contributed by atoms with Crippen LogP contribution < -0.4 is 4.74 Å². The summed E-state index contributed by atoms with van der Waals surface area (Å²) in [6, 6.07) is 11.7. The zero-order valence-electron chi connectivity index (χ0n) is 11.3. The first-order valence-electron chi connectivity index (χ1n) is 6.89. The summed E-state index contributed by atoms with van der Waals surface area (Å²) in [5, 5.41) is 9.90. The van der Waals surface area contributed by atoms with E-state index in [-0.39, 0.29) is 5.82 Å². The van der Waals surface area contributed by atoms with Crippen LogP contribution in [0.15, 0.2) is 42.5 Å². The van der Waals surface area contributed by atoms with Crippen LogP contribution in [0, 0.1) is 5.82 Å². The molecule has 3 heteroatoms. The minimum Gasteiger partial charge on any atom is -0.457 e. The molecule has 0 saturated heterocycles. The van der Waals surface area contributed by atoms with Crippen molar-refractivity contribution in [1.82, 2.24) is 0 Å². The summed E-state index contributed by atoms with van der Waals surface area (Å²) < 4.78 is 18.8. The van der Waals surface area contributed by atoms with Crippen LogP contribution in [0.2, 0.25) is 0 Å². The molecule has 1 aliphatic rings. The van der Waals surface area contributed by atoms with Crippen molar-refractivity contribution in [2.45, 2.75) is 31.8 Å². The predicted octanol–water partition coefficient (Wildman–Crippen LogP) is 4.55. The Hall–Kier alpha value is -1.87. The molecule has 0 radical (unpaired) electrons. The number of benzene rings is 2. The Kier molecular flexibility index (Phi) is 3.45. The molecular weight excluding hydrogens is 255 g/mol. The maximum absolute atomic E-state index is 12.9. The van der Waals surface area contributed by atoms with E-state index in [1.807, 2.05) is 18.2 Å². The zero-order valence-corrected chi connectivity index (χ0v) is 11.3. The first kappa shape index (κ1) is 13.1. The fraction of sp³-hybridized carbons (Fsp3) is 0.294. The third-order valence-electron chi connectivity index (χ3n) is 3.58. The van der Waals surface area contributed by atoms with Gasteiger partial charge in [-0.1, -0.05) is 12.1 Å². The monoisotopic (exact) mass is 272 g/mol. The van der Waals surface area contributed by atoms with Gasteiger partial charge in [-0.2, -0.15) is 0 Å². The van der Waals surface area contributed by atoms with E-state index in [4.69, 9.17) is 4.74 Å². The summed E-state index contributed by atoms with van der Waals surface area (Å²) in [7, 11) is 0. The maximum Gasteiger partial charge on any atom is 0.131 e. The molecule has 0 spiro atoms. The molecule has 104 valence electrons. The highest BCUT2D eigenvalue weighted by Gasteiger charge is 2.30. The summed E-state index contributed by atoms with van der Waals surface area (Å²) in [4.78, 5) is 0. The summed E-state index contributed by atoms with van der Waals surface area (Å²) >= 11 is 0. The standard InChI is InChI=1S/C17H17FO2/c1-11(19)15-3-2-4-16(17(15)12-5-6-12)20-14-9-7-13(18)8-10-14/h2-4,7-12,19H,5-6H2,1H3. The van der Waals surface area contributed by atoms with Gasteiger partial charge in [-0.3, -0.25) is 0 Å². The number of hydrogen-bond donors (Lipinski definition) is 1. The molecule has 3 rings (SSSR count). The van der Waals surface area contributed by atoms with Crippen molar-refractivity contribution >= 4 is 0 Å². The molecule has 1 aliphatic carbocycles. The normalized spacial score (nSPS) is 15.9. The van der Waals surface area contributed by atoms with Gasteiger partial charge in [0.2, 0.25) is 0 Å². The third kappa shape index (κ3) is 2.68. The quantitative estimate of drug-likeness (QED) is 0.884. The minimum absolute atomic E-state index is 0.280. The first-order valence-corrected chi connectivity index (χ1v) is 6.89. The molecule has 2 nitrogen and oxygen atoms in total. The summed E-state index contributed by atoms with van der Waals surface area (Å²) in [5.41, 5.74) is 2.01. The van der Waals surface area contributed by atoms with Crippen molar-refractivity contribution in [3.8, 4) is 11.5 Å². The van der Waals surface area contributed by atoms with E-state index in [0.717, 1.165) is 29.7 Å². The van der Waals surface area contributed by atoms with Crippen molar-refractivity contribution in [2.75, 3.05) is 0 Å². The van der Waals surface area contributed by atoms with Gasteiger partial charge in [-0.25, -0.2) is 4.39 Å². The van der Waals surface area contributed by atoms with Gasteiger partial charge in [0, 0.05) is 5.56 Å². The average molecular weight is 272 g/mol. The molecule has 0 bridgehead atoms. The molecule has 1 N–H and O–H groups in total. The highest BCUT2D eigenvalue weighted by molar-refractivity contribution is 5.47. The van der Waals surface area contributed by atoms with Crippen LogP contribution >= 0.6 is 0 Å². The number of aliphatic hydroxyl groups is 1. The number of halogens is 1. The molecule has 20 heavy (non-hydrogen) atoms.